The van der Waals surface area contributed by atoms with Gasteiger partial charge in [0, 0.05) is 18.7 Å². The van der Waals surface area contributed by atoms with Gasteiger partial charge in [-0.05, 0) is 39.3 Å². The molecule has 0 bridgehead atoms. The van der Waals surface area contributed by atoms with Crippen molar-refractivity contribution in [3.8, 4) is 11.5 Å². The standard InChI is InChI=1S/C14H21N5O/c1-4-8-15-10(2)5-6-13-18-14(19-20-13)12-7-9-16-11(3)17-12/h7,9-10,15H,4-6,8H2,1-3H3. The fourth-order valence-corrected chi connectivity index (χ4v) is 1.87. The maximum Gasteiger partial charge on any atom is 0.227 e. The van der Waals surface area contributed by atoms with Gasteiger partial charge in [0.25, 0.3) is 0 Å². The van der Waals surface area contributed by atoms with E-state index in [1.54, 1.807) is 12.3 Å². The van der Waals surface area contributed by atoms with Gasteiger partial charge in [-0.1, -0.05) is 12.1 Å². The first-order chi connectivity index (χ1) is 9.69. The molecule has 108 valence electrons. The minimum Gasteiger partial charge on any atom is -0.339 e. The molecule has 0 amide bonds. The van der Waals surface area contributed by atoms with E-state index in [9.17, 15) is 0 Å². The largest absolute Gasteiger partial charge is 0.339 e. The first-order valence-electron chi connectivity index (χ1n) is 7.05. The summed E-state index contributed by atoms with van der Waals surface area (Å²) in [6.45, 7) is 7.20. The molecule has 1 N–H and O–H groups in total. The van der Waals surface area contributed by atoms with Crippen LogP contribution in [-0.4, -0.2) is 32.7 Å². The second kappa shape index (κ2) is 7.09. The third-order valence-electron chi connectivity index (χ3n) is 3.01. The number of nitrogens with one attached hydrogen (secondary N) is 1. The molecular formula is C14H21N5O. The zero-order valence-corrected chi connectivity index (χ0v) is 12.3. The Bertz CT molecular complexity index is 540. The molecule has 0 aliphatic rings. The van der Waals surface area contributed by atoms with Gasteiger partial charge in [-0.3, -0.25) is 0 Å². The molecular weight excluding hydrogens is 254 g/mol. The van der Waals surface area contributed by atoms with Crippen LogP contribution in [0, 0.1) is 6.92 Å². The van der Waals surface area contributed by atoms with Crippen LogP contribution >= 0.6 is 0 Å². The first-order valence-corrected chi connectivity index (χ1v) is 7.05. The van der Waals surface area contributed by atoms with E-state index in [1.807, 2.05) is 6.92 Å². The number of nitrogens with zero attached hydrogens (tertiary/aromatic N) is 4. The highest BCUT2D eigenvalue weighted by Gasteiger charge is 2.11. The molecule has 0 aliphatic carbocycles. The van der Waals surface area contributed by atoms with Crippen LogP contribution in [0.25, 0.3) is 11.5 Å². The molecule has 1 atom stereocenters. The number of hydrogen-bond acceptors (Lipinski definition) is 6. The fraction of sp³-hybridized carbons (Fsp3) is 0.571. The number of aromatic nitrogens is 4. The summed E-state index contributed by atoms with van der Waals surface area (Å²) in [7, 11) is 0. The summed E-state index contributed by atoms with van der Waals surface area (Å²) in [6, 6.07) is 2.24. The number of rotatable bonds is 7. The number of hydrogen-bond donors (Lipinski definition) is 1. The van der Waals surface area contributed by atoms with Crippen molar-refractivity contribution in [1.82, 2.24) is 25.4 Å². The third-order valence-corrected chi connectivity index (χ3v) is 3.01. The maximum atomic E-state index is 5.26. The Morgan fingerprint density at radius 1 is 1.35 bits per heavy atom. The van der Waals surface area contributed by atoms with E-state index in [1.165, 1.54) is 0 Å². The Kier molecular flexibility index (Phi) is 5.17. The van der Waals surface area contributed by atoms with Crippen molar-refractivity contribution in [1.29, 1.82) is 0 Å². The minimum absolute atomic E-state index is 0.451. The maximum absolute atomic E-state index is 5.26. The summed E-state index contributed by atoms with van der Waals surface area (Å²) in [5, 5.41) is 7.41. The Morgan fingerprint density at radius 3 is 2.95 bits per heavy atom. The molecule has 2 rings (SSSR count). The van der Waals surface area contributed by atoms with Crippen molar-refractivity contribution >= 4 is 0 Å². The van der Waals surface area contributed by atoms with Crippen molar-refractivity contribution in [2.24, 2.45) is 0 Å². The number of aryl methyl sites for hydroxylation is 2. The highest BCUT2D eigenvalue weighted by molar-refractivity contribution is 5.46. The van der Waals surface area contributed by atoms with E-state index < -0.39 is 0 Å². The quantitative estimate of drug-likeness (QED) is 0.834. The van der Waals surface area contributed by atoms with Crippen molar-refractivity contribution in [2.45, 2.75) is 46.1 Å². The Hall–Kier alpha value is -1.82. The van der Waals surface area contributed by atoms with Crippen LogP contribution in [0.5, 0.6) is 0 Å². The molecule has 0 aliphatic heterocycles. The smallest absolute Gasteiger partial charge is 0.227 e. The second-order valence-corrected chi connectivity index (χ2v) is 4.89. The fourth-order valence-electron chi connectivity index (χ4n) is 1.87. The summed E-state index contributed by atoms with van der Waals surface area (Å²) in [5.41, 5.74) is 0.699. The van der Waals surface area contributed by atoms with Gasteiger partial charge in [-0.15, -0.1) is 0 Å². The van der Waals surface area contributed by atoms with Crippen LogP contribution in [0.1, 0.15) is 38.4 Å². The molecule has 2 aromatic rings. The van der Waals surface area contributed by atoms with E-state index in [0.717, 1.165) is 25.8 Å². The SMILES string of the molecule is CCCNC(C)CCc1nc(-c2ccnc(C)n2)no1. The molecule has 0 fully saturated rings. The monoisotopic (exact) mass is 275 g/mol. The normalized spacial score (nSPS) is 12.6. The molecule has 6 heteroatoms. The van der Waals surface area contributed by atoms with E-state index in [-0.39, 0.29) is 0 Å². The van der Waals surface area contributed by atoms with Crippen molar-refractivity contribution in [3.63, 3.8) is 0 Å². The van der Waals surface area contributed by atoms with Crippen molar-refractivity contribution in [2.75, 3.05) is 6.54 Å². The zero-order valence-electron chi connectivity index (χ0n) is 12.3. The first kappa shape index (κ1) is 14.6. The highest BCUT2D eigenvalue weighted by atomic mass is 16.5. The van der Waals surface area contributed by atoms with Crippen LogP contribution in [0.4, 0.5) is 0 Å². The average molecular weight is 275 g/mol. The van der Waals surface area contributed by atoms with Crippen molar-refractivity contribution < 1.29 is 4.52 Å². The van der Waals surface area contributed by atoms with E-state index in [2.05, 4.69) is 39.3 Å². The Morgan fingerprint density at radius 2 is 2.20 bits per heavy atom. The van der Waals surface area contributed by atoms with Crippen molar-refractivity contribution in [3.05, 3.63) is 24.0 Å². The molecule has 2 aromatic heterocycles. The molecule has 0 saturated carbocycles. The molecule has 6 nitrogen and oxygen atoms in total. The topological polar surface area (TPSA) is 76.7 Å². The molecule has 0 spiro atoms. The Labute approximate surface area is 119 Å². The third kappa shape index (κ3) is 4.09. The molecule has 0 aromatic carbocycles. The van der Waals surface area contributed by atoms with Crippen LogP contribution in [0.3, 0.4) is 0 Å². The summed E-state index contributed by atoms with van der Waals surface area (Å²) < 4.78 is 5.26. The molecule has 0 saturated heterocycles. The second-order valence-electron chi connectivity index (χ2n) is 4.89. The average Bonchev–Trinajstić information content (AvgIpc) is 2.92. The molecule has 1 unspecified atom stereocenters. The van der Waals surface area contributed by atoms with Crippen LogP contribution < -0.4 is 5.32 Å². The van der Waals surface area contributed by atoms with Gasteiger partial charge in [0.2, 0.25) is 11.7 Å². The lowest BCUT2D eigenvalue weighted by Gasteiger charge is -2.10. The van der Waals surface area contributed by atoms with E-state index in [4.69, 9.17) is 4.52 Å². The summed E-state index contributed by atoms with van der Waals surface area (Å²) >= 11 is 0. The van der Waals surface area contributed by atoms with Crippen LogP contribution in [0.2, 0.25) is 0 Å². The molecule has 2 heterocycles. The van der Waals surface area contributed by atoms with Crippen LogP contribution in [-0.2, 0) is 6.42 Å². The van der Waals surface area contributed by atoms with Gasteiger partial charge in [-0.2, -0.15) is 4.98 Å². The highest BCUT2D eigenvalue weighted by Crippen LogP contribution is 2.13. The lowest BCUT2D eigenvalue weighted by Crippen LogP contribution is -2.27. The molecule has 0 radical (unpaired) electrons. The lowest BCUT2D eigenvalue weighted by atomic mass is 10.2. The Balaban J connectivity index is 1.92. The van der Waals surface area contributed by atoms with Gasteiger partial charge in [0.05, 0.1) is 0 Å². The lowest BCUT2D eigenvalue weighted by molar-refractivity contribution is 0.367. The summed E-state index contributed by atoms with van der Waals surface area (Å²) in [5.74, 6) is 1.88. The van der Waals surface area contributed by atoms with Gasteiger partial charge in [0.1, 0.15) is 11.5 Å². The van der Waals surface area contributed by atoms with Gasteiger partial charge < -0.3 is 9.84 Å². The predicted molar refractivity (Wildman–Crippen MR) is 76.1 cm³/mol. The predicted octanol–water partition coefficient (Wildman–Crippen LogP) is 2.16. The summed E-state index contributed by atoms with van der Waals surface area (Å²) in [4.78, 5) is 12.7. The van der Waals surface area contributed by atoms with E-state index in [0.29, 0.717) is 29.3 Å². The van der Waals surface area contributed by atoms with Gasteiger partial charge >= 0.3 is 0 Å². The van der Waals surface area contributed by atoms with Gasteiger partial charge in [0.15, 0.2) is 0 Å². The van der Waals surface area contributed by atoms with Crippen LogP contribution in [0.15, 0.2) is 16.8 Å². The van der Waals surface area contributed by atoms with E-state index >= 15 is 0 Å². The minimum atomic E-state index is 0.451. The molecule has 20 heavy (non-hydrogen) atoms. The zero-order chi connectivity index (χ0) is 14.4. The van der Waals surface area contributed by atoms with Gasteiger partial charge in [-0.25, -0.2) is 9.97 Å². The summed E-state index contributed by atoms with van der Waals surface area (Å²) in [6.07, 6.45) is 4.59.